The number of halogens is 2. The molecule has 0 amide bonds. The van der Waals surface area contributed by atoms with Gasteiger partial charge in [0.15, 0.2) is 0 Å². The summed E-state index contributed by atoms with van der Waals surface area (Å²) in [6.45, 7) is 0. The summed E-state index contributed by atoms with van der Waals surface area (Å²) in [5.74, 6) is 0. The van der Waals surface area contributed by atoms with Gasteiger partial charge in [0.2, 0.25) is 19.7 Å². The average molecular weight is 544 g/mol. The molecule has 0 radical (unpaired) electrons. The van der Waals surface area contributed by atoms with Gasteiger partial charge in [-0.1, -0.05) is 0 Å². The second kappa shape index (κ2) is 7.26. The molecular weight excluding hydrogens is 536 g/mol. The maximum Gasteiger partial charge on any atom is 0.289 e. The van der Waals surface area contributed by atoms with Crippen molar-refractivity contribution in [3.8, 4) is 0 Å². The maximum atomic E-state index is 12.8. The number of sulfone groups is 2. The lowest BCUT2D eigenvalue weighted by Gasteiger charge is -2.21. The van der Waals surface area contributed by atoms with E-state index in [4.69, 9.17) is 0 Å². The molecular formula is C13H8Br2N2O8S2. The summed E-state index contributed by atoms with van der Waals surface area (Å²) in [5, 5.41) is 21.3. The second-order valence-corrected chi connectivity index (χ2v) is 15.0. The van der Waals surface area contributed by atoms with Crippen LogP contribution < -0.4 is 0 Å². The first kappa shape index (κ1) is 21.4. The van der Waals surface area contributed by atoms with Gasteiger partial charge in [0, 0.05) is 24.3 Å². The van der Waals surface area contributed by atoms with Crippen LogP contribution in [0.5, 0.6) is 0 Å². The van der Waals surface area contributed by atoms with E-state index in [1.165, 1.54) is 0 Å². The van der Waals surface area contributed by atoms with Crippen molar-refractivity contribution in [1.29, 1.82) is 0 Å². The van der Waals surface area contributed by atoms with Crippen LogP contribution in [0.25, 0.3) is 0 Å². The Labute approximate surface area is 169 Å². The number of nitro benzene ring substituents is 2. The maximum absolute atomic E-state index is 12.8. The molecule has 0 saturated carbocycles. The minimum atomic E-state index is -4.62. The fourth-order valence-electron chi connectivity index (χ4n) is 1.91. The molecule has 0 N–H and O–H groups in total. The van der Waals surface area contributed by atoms with Crippen molar-refractivity contribution < 1.29 is 26.7 Å². The fraction of sp³-hybridized carbons (Fsp3) is 0.0769. The molecule has 2 rings (SSSR count). The zero-order valence-corrected chi connectivity index (χ0v) is 17.7. The van der Waals surface area contributed by atoms with Crippen molar-refractivity contribution in [2.24, 2.45) is 0 Å². The zero-order chi connectivity index (χ0) is 20.6. The molecule has 2 aromatic carbocycles. The first-order valence-electron chi connectivity index (χ1n) is 6.68. The lowest BCUT2D eigenvalue weighted by Crippen LogP contribution is -2.34. The van der Waals surface area contributed by atoms with Crippen molar-refractivity contribution in [3.63, 3.8) is 0 Å². The molecule has 0 saturated heterocycles. The highest BCUT2D eigenvalue weighted by molar-refractivity contribution is 9.30. The van der Waals surface area contributed by atoms with E-state index in [2.05, 4.69) is 31.9 Å². The van der Waals surface area contributed by atoms with E-state index < -0.39 is 41.2 Å². The predicted octanol–water partition coefficient (Wildman–Crippen LogP) is 3.15. The van der Waals surface area contributed by atoms with Crippen LogP contribution in [0.2, 0.25) is 0 Å². The van der Waals surface area contributed by atoms with Crippen LogP contribution in [0.3, 0.4) is 0 Å². The standard InChI is InChI=1S/C13H8Br2N2O8S2/c14-13(15,26(22,23)11-5-1-9(2-6-11)16(18)19)27(24,25)12-7-3-10(4-8-12)17(20)21/h1-8H. The van der Waals surface area contributed by atoms with E-state index in [1.54, 1.807) is 0 Å². The summed E-state index contributed by atoms with van der Waals surface area (Å²) in [6, 6.07) is 7.27. The molecule has 10 nitrogen and oxygen atoms in total. The Morgan fingerprint density at radius 1 is 0.667 bits per heavy atom. The van der Waals surface area contributed by atoms with Gasteiger partial charge in [-0.2, -0.15) is 0 Å². The number of alkyl halides is 2. The van der Waals surface area contributed by atoms with Gasteiger partial charge >= 0.3 is 0 Å². The topological polar surface area (TPSA) is 155 Å². The first-order chi connectivity index (χ1) is 12.3. The van der Waals surface area contributed by atoms with E-state index in [0.717, 1.165) is 48.5 Å². The Hall–Kier alpha value is -1.90. The molecule has 0 aliphatic heterocycles. The molecule has 0 atom stereocenters. The summed E-state index contributed by atoms with van der Waals surface area (Å²) in [7, 11) is -9.25. The Balaban J connectivity index is 2.53. The molecule has 14 heteroatoms. The average Bonchev–Trinajstić information content (AvgIpc) is 2.61. The van der Waals surface area contributed by atoms with Gasteiger partial charge in [-0.05, 0) is 56.1 Å². The van der Waals surface area contributed by atoms with Crippen molar-refractivity contribution in [2.75, 3.05) is 0 Å². The monoisotopic (exact) mass is 542 g/mol. The zero-order valence-electron chi connectivity index (χ0n) is 12.9. The number of rotatable bonds is 6. The van der Waals surface area contributed by atoms with Gasteiger partial charge < -0.3 is 0 Å². The Kier molecular flexibility index (Phi) is 5.75. The number of nitrogens with zero attached hydrogens (tertiary/aromatic N) is 2. The fourth-order valence-corrected chi connectivity index (χ4v) is 7.43. The largest absolute Gasteiger partial charge is 0.289 e. The van der Waals surface area contributed by atoms with Crippen molar-refractivity contribution in [1.82, 2.24) is 0 Å². The summed E-state index contributed by atoms with van der Waals surface area (Å²) in [6.07, 6.45) is 0. The Morgan fingerprint density at radius 2 is 0.926 bits per heavy atom. The van der Waals surface area contributed by atoms with Gasteiger partial charge in [-0.3, -0.25) is 20.2 Å². The number of hydrogen-bond donors (Lipinski definition) is 0. The molecule has 0 spiro atoms. The minimum absolute atomic E-state index is 0.373. The molecule has 144 valence electrons. The van der Waals surface area contributed by atoms with E-state index in [9.17, 15) is 37.1 Å². The number of non-ortho nitro benzene ring substituents is 2. The summed E-state index contributed by atoms with van der Waals surface area (Å²) in [4.78, 5) is 18.9. The van der Waals surface area contributed by atoms with Crippen molar-refractivity contribution >= 4 is 62.9 Å². The quantitative estimate of drug-likeness (QED) is 0.305. The molecule has 0 bridgehead atoms. The van der Waals surface area contributed by atoms with Crippen LogP contribution >= 0.6 is 31.9 Å². The lowest BCUT2D eigenvalue weighted by atomic mass is 10.3. The molecule has 0 fully saturated rings. The van der Waals surface area contributed by atoms with E-state index >= 15 is 0 Å². The Bertz CT molecular complexity index is 1020. The summed E-state index contributed by atoms with van der Waals surface area (Å²) in [5.41, 5.74) is -0.746. The van der Waals surface area contributed by atoms with Gasteiger partial charge in [0.05, 0.1) is 19.6 Å². The second-order valence-electron chi connectivity index (χ2n) is 4.97. The highest BCUT2D eigenvalue weighted by Crippen LogP contribution is 2.46. The van der Waals surface area contributed by atoms with Crippen LogP contribution in [0.4, 0.5) is 11.4 Å². The summed E-state index contributed by atoms with van der Waals surface area (Å²) >= 11 is 5.33. The third-order valence-corrected chi connectivity index (χ3v) is 12.8. The normalized spacial score (nSPS) is 12.5. The number of nitro groups is 2. The first-order valence-corrected chi connectivity index (χ1v) is 11.2. The predicted molar refractivity (Wildman–Crippen MR) is 101 cm³/mol. The highest BCUT2D eigenvalue weighted by atomic mass is 79.9. The third kappa shape index (κ3) is 3.74. The molecule has 0 aliphatic carbocycles. The molecule has 0 aromatic heterocycles. The van der Waals surface area contributed by atoms with E-state index in [0.29, 0.717) is 0 Å². The lowest BCUT2D eigenvalue weighted by molar-refractivity contribution is -0.385. The van der Waals surface area contributed by atoms with Gasteiger partial charge in [-0.25, -0.2) is 16.8 Å². The number of hydrogen-bond acceptors (Lipinski definition) is 8. The Morgan fingerprint density at radius 3 is 1.15 bits per heavy atom. The van der Waals surface area contributed by atoms with Crippen molar-refractivity contribution in [3.05, 3.63) is 68.8 Å². The van der Waals surface area contributed by atoms with Crippen LogP contribution in [0, 0.1) is 20.2 Å². The van der Waals surface area contributed by atoms with Crippen LogP contribution in [-0.4, -0.2) is 28.6 Å². The smallest absolute Gasteiger partial charge is 0.258 e. The minimum Gasteiger partial charge on any atom is -0.258 e. The summed E-state index contributed by atoms with van der Waals surface area (Å²) < 4.78 is 48.4. The van der Waals surface area contributed by atoms with E-state index in [1.807, 2.05) is 0 Å². The van der Waals surface area contributed by atoms with Crippen molar-refractivity contribution in [2.45, 2.75) is 11.7 Å². The number of benzene rings is 2. The molecule has 0 unspecified atom stereocenters. The van der Waals surface area contributed by atoms with E-state index in [-0.39, 0.29) is 11.4 Å². The SMILES string of the molecule is O=[N+]([O-])c1ccc(S(=O)(=O)C(Br)(Br)S(=O)(=O)c2ccc([N+](=O)[O-])cc2)cc1. The van der Waals surface area contributed by atoms with Gasteiger partial charge in [0.1, 0.15) is 0 Å². The van der Waals surface area contributed by atoms with Crippen LogP contribution in [-0.2, 0) is 19.7 Å². The third-order valence-electron chi connectivity index (χ3n) is 3.34. The molecule has 0 aliphatic rings. The van der Waals surface area contributed by atoms with Gasteiger partial charge in [-0.15, -0.1) is 0 Å². The van der Waals surface area contributed by atoms with Crippen LogP contribution in [0.1, 0.15) is 0 Å². The van der Waals surface area contributed by atoms with Crippen LogP contribution in [0.15, 0.2) is 58.3 Å². The molecule has 0 heterocycles. The molecule has 27 heavy (non-hydrogen) atoms. The highest BCUT2D eigenvalue weighted by Gasteiger charge is 2.52. The molecule has 2 aromatic rings. The van der Waals surface area contributed by atoms with Gasteiger partial charge in [0.25, 0.3) is 13.3 Å².